The van der Waals surface area contributed by atoms with Crippen molar-refractivity contribution in [2.75, 3.05) is 13.1 Å². The van der Waals surface area contributed by atoms with Gasteiger partial charge in [-0.15, -0.1) is 0 Å². The molecule has 1 atom stereocenters. The first kappa shape index (κ1) is 24.2. The van der Waals surface area contributed by atoms with Crippen LogP contribution in [-0.4, -0.2) is 58.5 Å². The molecule has 3 fully saturated rings. The first-order chi connectivity index (χ1) is 15.0. The van der Waals surface area contributed by atoms with Crippen molar-refractivity contribution in [3.63, 3.8) is 0 Å². The van der Waals surface area contributed by atoms with E-state index >= 15 is 0 Å². The minimum atomic E-state index is -3.12. The van der Waals surface area contributed by atoms with Crippen LogP contribution >= 0.6 is 0 Å². The lowest BCUT2D eigenvalue weighted by Gasteiger charge is -2.45. The van der Waals surface area contributed by atoms with E-state index in [0.29, 0.717) is 38.8 Å². The molecule has 0 unspecified atom stereocenters. The zero-order valence-corrected chi connectivity index (χ0v) is 18.5. The molecule has 1 spiro atoms. The van der Waals surface area contributed by atoms with Crippen LogP contribution in [-0.2, 0) is 9.59 Å². The summed E-state index contributed by atoms with van der Waals surface area (Å²) in [6.45, 7) is 2.19. The normalized spacial score (nSPS) is 23.1. The zero-order chi connectivity index (χ0) is 23.6. The summed E-state index contributed by atoms with van der Waals surface area (Å²) in [5.41, 5.74) is -0.978. The summed E-state index contributed by atoms with van der Waals surface area (Å²) in [6, 6.07) is 0.00747. The van der Waals surface area contributed by atoms with Gasteiger partial charge in [-0.1, -0.05) is 6.92 Å². The van der Waals surface area contributed by atoms with E-state index in [-0.39, 0.29) is 11.3 Å². The Bertz CT molecular complexity index is 775. The van der Waals surface area contributed by atoms with Gasteiger partial charge in [0.25, 0.3) is 0 Å². The number of piperidine rings is 1. The molecule has 1 saturated heterocycles. The van der Waals surface area contributed by atoms with Crippen molar-refractivity contribution < 1.29 is 28.3 Å². The van der Waals surface area contributed by atoms with Crippen molar-refractivity contribution in [2.45, 2.75) is 88.6 Å². The fraction of sp³-hybridized carbons (Fsp3) is 0.818. The Hall–Kier alpha value is -2.44. The predicted octanol–water partition coefficient (Wildman–Crippen LogP) is 3.03. The number of carbonyl (C=O) groups is 3. The first-order valence-corrected chi connectivity index (χ1v) is 11.4. The Morgan fingerprint density at radius 2 is 1.75 bits per heavy atom. The molecular weight excluding hydrogens is 422 g/mol. The number of amides is 3. The van der Waals surface area contributed by atoms with Gasteiger partial charge in [-0.3, -0.25) is 9.59 Å². The predicted molar refractivity (Wildman–Crippen MR) is 111 cm³/mol. The highest BCUT2D eigenvalue weighted by Gasteiger charge is 2.47. The van der Waals surface area contributed by atoms with Crippen LogP contribution in [0.1, 0.15) is 71.1 Å². The number of aliphatic carboxylic acids is 1. The molecule has 1 aliphatic heterocycles. The van der Waals surface area contributed by atoms with Crippen LogP contribution in [0.15, 0.2) is 0 Å². The van der Waals surface area contributed by atoms with Crippen LogP contribution in [0.3, 0.4) is 0 Å². The summed E-state index contributed by atoms with van der Waals surface area (Å²) in [5, 5.41) is 23.4. The lowest BCUT2D eigenvalue weighted by molar-refractivity contribution is -0.144. The number of halogens is 2. The number of nitriles is 1. The molecule has 32 heavy (non-hydrogen) atoms. The minimum Gasteiger partial charge on any atom is -0.481 e. The van der Waals surface area contributed by atoms with Gasteiger partial charge in [-0.25, -0.2) is 13.6 Å². The molecule has 2 saturated carbocycles. The highest BCUT2D eigenvalue weighted by atomic mass is 19.3. The molecular formula is C22H32F2N4O4. The molecule has 3 aliphatic rings. The van der Waals surface area contributed by atoms with Gasteiger partial charge in [0.05, 0.1) is 12.0 Å². The number of rotatable bonds is 7. The lowest BCUT2D eigenvalue weighted by atomic mass is 9.65. The molecule has 0 bridgehead atoms. The van der Waals surface area contributed by atoms with Gasteiger partial charge in [0, 0.05) is 25.9 Å². The van der Waals surface area contributed by atoms with Crippen LogP contribution < -0.4 is 10.6 Å². The summed E-state index contributed by atoms with van der Waals surface area (Å²) >= 11 is 0. The molecule has 0 radical (unpaired) electrons. The summed E-state index contributed by atoms with van der Waals surface area (Å²) in [7, 11) is 0. The van der Waals surface area contributed by atoms with Crippen molar-refractivity contribution in [1.82, 2.24) is 15.5 Å². The molecule has 10 heteroatoms. The van der Waals surface area contributed by atoms with Gasteiger partial charge in [-0.2, -0.15) is 5.26 Å². The third kappa shape index (κ3) is 5.67. The quantitative estimate of drug-likeness (QED) is 0.546. The standard InChI is InChI=1S/C22H32F2N4O4/c1-2-22(23,24)13-16(17(29)27-21(14-25)7-8-21)26-19(32)28-11-9-20(10-12-28)5-3-15(4-6-20)18(30)31/h15-16H,2-13H2,1H3,(H,26,32)(H,27,29)(H,30,31)/t16-/m0/s1. The van der Waals surface area contributed by atoms with Gasteiger partial charge in [0.1, 0.15) is 11.6 Å². The molecule has 178 valence electrons. The van der Waals surface area contributed by atoms with Gasteiger partial charge >= 0.3 is 12.0 Å². The van der Waals surface area contributed by atoms with Crippen LogP contribution in [0.25, 0.3) is 0 Å². The summed E-state index contributed by atoms with van der Waals surface area (Å²) in [5.74, 6) is -4.93. The molecule has 3 amide bonds. The number of nitrogens with zero attached hydrogens (tertiary/aromatic N) is 2. The summed E-state index contributed by atoms with van der Waals surface area (Å²) < 4.78 is 28.1. The van der Waals surface area contributed by atoms with Crippen molar-refractivity contribution in [3.05, 3.63) is 0 Å². The number of carboxylic acids is 1. The van der Waals surface area contributed by atoms with Gasteiger partial charge in [-0.05, 0) is 56.8 Å². The lowest BCUT2D eigenvalue weighted by Crippen LogP contribution is -2.56. The number of likely N-dealkylation sites (tertiary alicyclic amines) is 1. The van der Waals surface area contributed by atoms with Crippen LogP contribution in [0, 0.1) is 22.7 Å². The minimum absolute atomic E-state index is 0.0277. The maximum absolute atomic E-state index is 14.1. The highest BCUT2D eigenvalue weighted by molar-refractivity contribution is 5.88. The van der Waals surface area contributed by atoms with Crippen LogP contribution in [0.2, 0.25) is 0 Å². The Kier molecular flexibility index (Phi) is 6.96. The zero-order valence-electron chi connectivity index (χ0n) is 18.5. The summed E-state index contributed by atoms with van der Waals surface area (Å²) in [6.07, 6.45) is 4.00. The van der Waals surface area contributed by atoms with Crippen LogP contribution in [0.4, 0.5) is 13.6 Å². The average Bonchev–Trinajstić information content (AvgIpc) is 3.53. The Labute approximate surface area is 186 Å². The number of alkyl halides is 2. The monoisotopic (exact) mass is 454 g/mol. The molecule has 0 aromatic heterocycles. The van der Waals surface area contributed by atoms with Crippen molar-refractivity contribution in [3.8, 4) is 6.07 Å². The number of hydrogen-bond donors (Lipinski definition) is 3. The summed E-state index contributed by atoms with van der Waals surface area (Å²) in [4.78, 5) is 38.1. The molecule has 2 aliphatic carbocycles. The second-order valence-corrected chi connectivity index (χ2v) is 9.70. The number of nitrogens with one attached hydrogen (secondary N) is 2. The highest BCUT2D eigenvalue weighted by Crippen LogP contribution is 2.46. The average molecular weight is 455 g/mol. The Balaban J connectivity index is 1.57. The van der Waals surface area contributed by atoms with E-state index in [1.165, 1.54) is 11.8 Å². The van der Waals surface area contributed by atoms with Crippen molar-refractivity contribution in [1.29, 1.82) is 5.26 Å². The van der Waals surface area contributed by atoms with E-state index in [2.05, 4.69) is 10.6 Å². The van der Waals surface area contributed by atoms with Gasteiger partial charge in [0.15, 0.2) is 0 Å². The topological polar surface area (TPSA) is 123 Å². The van der Waals surface area contributed by atoms with E-state index in [1.807, 2.05) is 6.07 Å². The molecule has 3 N–H and O–H groups in total. The second kappa shape index (κ2) is 9.20. The third-order valence-electron chi connectivity index (χ3n) is 7.47. The van der Waals surface area contributed by atoms with E-state index in [0.717, 1.165) is 25.7 Å². The molecule has 0 aromatic rings. The Morgan fingerprint density at radius 3 is 2.22 bits per heavy atom. The number of urea groups is 1. The second-order valence-electron chi connectivity index (χ2n) is 9.70. The van der Waals surface area contributed by atoms with Gasteiger partial charge in [0.2, 0.25) is 11.8 Å². The smallest absolute Gasteiger partial charge is 0.318 e. The van der Waals surface area contributed by atoms with Crippen molar-refractivity contribution in [2.24, 2.45) is 11.3 Å². The van der Waals surface area contributed by atoms with Crippen molar-refractivity contribution >= 4 is 17.9 Å². The fourth-order valence-corrected chi connectivity index (χ4v) is 4.77. The molecule has 1 heterocycles. The number of carbonyl (C=O) groups excluding carboxylic acids is 2. The number of hydrogen-bond acceptors (Lipinski definition) is 4. The maximum Gasteiger partial charge on any atom is 0.318 e. The van der Waals surface area contributed by atoms with Gasteiger partial charge < -0.3 is 20.6 Å². The molecule has 3 rings (SSSR count). The van der Waals surface area contributed by atoms with Crippen LogP contribution in [0.5, 0.6) is 0 Å². The molecule has 0 aromatic carbocycles. The number of carboxylic acid groups (broad SMARTS) is 1. The molecule has 8 nitrogen and oxygen atoms in total. The Morgan fingerprint density at radius 1 is 1.16 bits per heavy atom. The largest absolute Gasteiger partial charge is 0.481 e. The third-order valence-corrected chi connectivity index (χ3v) is 7.47. The van der Waals surface area contributed by atoms with E-state index in [9.17, 15) is 33.5 Å². The maximum atomic E-state index is 14.1. The fourth-order valence-electron chi connectivity index (χ4n) is 4.77. The first-order valence-electron chi connectivity index (χ1n) is 11.4. The SMILES string of the molecule is CCC(F)(F)C[C@H](NC(=O)N1CCC2(CCC(C(=O)O)CC2)CC1)C(=O)NC1(C#N)CC1. The van der Waals surface area contributed by atoms with E-state index in [1.54, 1.807) is 0 Å². The van der Waals surface area contributed by atoms with E-state index < -0.39 is 48.3 Å². The van der Waals surface area contributed by atoms with E-state index in [4.69, 9.17) is 0 Å².